The highest BCUT2D eigenvalue weighted by Crippen LogP contribution is 2.26. The van der Waals surface area contributed by atoms with Crippen molar-refractivity contribution in [3.05, 3.63) is 40.8 Å². The molecule has 1 N–H and O–H groups in total. The van der Waals surface area contributed by atoms with Crippen molar-refractivity contribution in [2.45, 2.75) is 45.6 Å². The Balaban J connectivity index is 2.33. The predicted molar refractivity (Wildman–Crippen MR) is 75.4 cm³/mol. The van der Waals surface area contributed by atoms with E-state index in [1.165, 1.54) is 5.69 Å². The Morgan fingerprint density at radius 1 is 1.44 bits per heavy atom. The van der Waals surface area contributed by atoms with E-state index in [0.717, 1.165) is 17.0 Å². The quantitative estimate of drug-likeness (QED) is 0.841. The van der Waals surface area contributed by atoms with Gasteiger partial charge in [0.2, 0.25) is 0 Å². The summed E-state index contributed by atoms with van der Waals surface area (Å²) in [6.07, 6.45) is 4.58. The lowest BCUT2D eigenvalue weighted by atomic mass is 9.92. The monoisotopic (exact) mass is 264 g/mol. The summed E-state index contributed by atoms with van der Waals surface area (Å²) in [4.78, 5) is 3.15. The number of furan rings is 1. The molecule has 1 atom stereocenters. The number of hydrogen-bond donors (Lipinski definition) is 1. The molecule has 0 saturated heterocycles. The highest BCUT2D eigenvalue weighted by Gasteiger charge is 2.22. The van der Waals surface area contributed by atoms with Crippen LogP contribution in [0.3, 0.4) is 0 Å². The Hall–Kier alpha value is -1.29. The van der Waals surface area contributed by atoms with Gasteiger partial charge in [-0.25, -0.2) is 0 Å². The lowest BCUT2D eigenvalue weighted by Crippen LogP contribution is -2.21. The number of aromatic amines is 1. The summed E-state index contributed by atoms with van der Waals surface area (Å²) in [5, 5.41) is 0. The van der Waals surface area contributed by atoms with Gasteiger partial charge in [-0.3, -0.25) is 0 Å². The van der Waals surface area contributed by atoms with Crippen LogP contribution in [0.15, 0.2) is 29.0 Å². The molecule has 0 saturated carbocycles. The molecule has 0 radical (unpaired) electrons. The highest BCUT2D eigenvalue weighted by molar-refractivity contribution is 7.71. The summed E-state index contributed by atoms with van der Waals surface area (Å²) < 4.78 is 8.38. The normalized spacial score (nSPS) is 13.8. The van der Waals surface area contributed by atoms with E-state index in [9.17, 15) is 0 Å². The van der Waals surface area contributed by atoms with E-state index in [4.69, 9.17) is 16.6 Å². The van der Waals surface area contributed by atoms with Gasteiger partial charge in [0.1, 0.15) is 5.76 Å². The van der Waals surface area contributed by atoms with E-state index in [0.29, 0.717) is 0 Å². The Bertz CT molecular complexity index is 557. The molecule has 0 aliphatic heterocycles. The fourth-order valence-electron chi connectivity index (χ4n) is 2.21. The van der Waals surface area contributed by atoms with Crippen LogP contribution in [-0.4, -0.2) is 9.55 Å². The fraction of sp³-hybridized carbons (Fsp3) is 0.500. The molecule has 2 heterocycles. The number of H-pyrrole nitrogens is 1. The summed E-state index contributed by atoms with van der Waals surface area (Å²) in [6.45, 7) is 8.75. The van der Waals surface area contributed by atoms with Gasteiger partial charge in [-0.1, -0.05) is 20.8 Å². The first-order valence-electron chi connectivity index (χ1n) is 6.22. The standard InChI is InChI=1S/C14H20N2OS/c1-10(8-11-6-5-7-17-11)16-12(14(2,3)4)9-15-13(16)18/h5-7,9-10H,8H2,1-4H3,(H,15,18). The van der Waals surface area contributed by atoms with Crippen molar-refractivity contribution in [1.82, 2.24) is 9.55 Å². The van der Waals surface area contributed by atoms with Crippen molar-refractivity contribution in [2.24, 2.45) is 0 Å². The molecular formula is C14H20N2OS. The number of nitrogens with zero attached hydrogens (tertiary/aromatic N) is 1. The Morgan fingerprint density at radius 2 is 2.17 bits per heavy atom. The zero-order valence-electron chi connectivity index (χ0n) is 11.4. The van der Waals surface area contributed by atoms with Crippen LogP contribution in [0.4, 0.5) is 0 Å². The minimum Gasteiger partial charge on any atom is -0.469 e. The average molecular weight is 264 g/mol. The molecule has 4 heteroatoms. The molecule has 0 aliphatic carbocycles. The van der Waals surface area contributed by atoms with Gasteiger partial charge in [-0.05, 0) is 31.3 Å². The molecule has 0 bridgehead atoms. The molecule has 0 spiro atoms. The highest BCUT2D eigenvalue weighted by atomic mass is 32.1. The third-order valence-electron chi connectivity index (χ3n) is 3.10. The van der Waals surface area contributed by atoms with Crippen LogP contribution in [0, 0.1) is 4.77 Å². The molecule has 0 amide bonds. The van der Waals surface area contributed by atoms with E-state index < -0.39 is 0 Å². The molecule has 18 heavy (non-hydrogen) atoms. The molecular weight excluding hydrogens is 244 g/mol. The maximum atomic E-state index is 5.41. The second-order valence-electron chi connectivity index (χ2n) is 5.73. The van der Waals surface area contributed by atoms with Crippen molar-refractivity contribution >= 4 is 12.2 Å². The van der Waals surface area contributed by atoms with E-state index in [1.807, 2.05) is 18.3 Å². The van der Waals surface area contributed by atoms with Crippen LogP contribution in [0.2, 0.25) is 0 Å². The largest absolute Gasteiger partial charge is 0.469 e. The van der Waals surface area contributed by atoms with Gasteiger partial charge in [0.15, 0.2) is 4.77 Å². The Labute approximate surface area is 113 Å². The minimum absolute atomic E-state index is 0.0744. The number of nitrogens with one attached hydrogen (secondary N) is 1. The van der Waals surface area contributed by atoms with Gasteiger partial charge in [0.05, 0.1) is 6.26 Å². The SMILES string of the molecule is CC(Cc1ccco1)n1c(C(C)(C)C)c[nH]c1=S. The van der Waals surface area contributed by atoms with Gasteiger partial charge in [0, 0.05) is 29.8 Å². The van der Waals surface area contributed by atoms with Crippen LogP contribution in [0.25, 0.3) is 0 Å². The van der Waals surface area contributed by atoms with Crippen LogP contribution in [0.5, 0.6) is 0 Å². The van der Waals surface area contributed by atoms with Gasteiger partial charge in [-0.15, -0.1) is 0 Å². The lowest BCUT2D eigenvalue weighted by molar-refractivity contribution is 0.418. The number of aromatic nitrogens is 2. The summed E-state index contributed by atoms with van der Waals surface area (Å²) >= 11 is 5.39. The summed E-state index contributed by atoms with van der Waals surface area (Å²) in [5.41, 5.74) is 1.30. The molecule has 0 fully saturated rings. The maximum absolute atomic E-state index is 5.41. The van der Waals surface area contributed by atoms with Gasteiger partial charge in [0.25, 0.3) is 0 Å². The third kappa shape index (κ3) is 2.58. The van der Waals surface area contributed by atoms with E-state index in [1.54, 1.807) is 6.26 Å². The van der Waals surface area contributed by atoms with Gasteiger partial charge in [-0.2, -0.15) is 0 Å². The molecule has 0 aromatic carbocycles. The van der Waals surface area contributed by atoms with E-state index >= 15 is 0 Å². The molecule has 2 aromatic heterocycles. The Morgan fingerprint density at radius 3 is 2.72 bits per heavy atom. The van der Waals surface area contributed by atoms with Gasteiger partial charge < -0.3 is 14.0 Å². The van der Waals surface area contributed by atoms with Crippen molar-refractivity contribution < 1.29 is 4.42 Å². The third-order valence-corrected chi connectivity index (χ3v) is 3.41. The van der Waals surface area contributed by atoms with Crippen molar-refractivity contribution in [1.29, 1.82) is 0 Å². The fourth-order valence-corrected chi connectivity index (χ4v) is 2.54. The summed E-state index contributed by atoms with van der Waals surface area (Å²) in [6, 6.07) is 4.20. The second kappa shape index (κ2) is 4.76. The first-order valence-corrected chi connectivity index (χ1v) is 6.63. The van der Waals surface area contributed by atoms with Crippen LogP contribution in [0.1, 0.15) is 45.2 Å². The molecule has 2 rings (SSSR count). The number of imidazole rings is 1. The number of rotatable bonds is 3. The molecule has 3 nitrogen and oxygen atoms in total. The van der Waals surface area contributed by atoms with Gasteiger partial charge >= 0.3 is 0 Å². The van der Waals surface area contributed by atoms with Crippen molar-refractivity contribution in [3.63, 3.8) is 0 Å². The smallest absolute Gasteiger partial charge is 0.177 e. The van der Waals surface area contributed by atoms with Crippen LogP contribution < -0.4 is 0 Å². The maximum Gasteiger partial charge on any atom is 0.177 e. The zero-order valence-corrected chi connectivity index (χ0v) is 12.2. The topological polar surface area (TPSA) is 33.9 Å². The predicted octanol–water partition coefficient (Wildman–Crippen LogP) is 4.24. The average Bonchev–Trinajstić information content (AvgIpc) is 2.85. The lowest BCUT2D eigenvalue weighted by Gasteiger charge is -2.24. The van der Waals surface area contributed by atoms with Crippen molar-refractivity contribution in [3.8, 4) is 0 Å². The number of hydrogen-bond acceptors (Lipinski definition) is 2. The zero-order chi connectivity index (χ0) is 13.3. The molecule has 0 aliphatic rings. The summed E-state index contributed by atoms with van der Waals surface area (Å²) in [5.74, 6) is 0.991. The second-order valence-corrected chi connectivity index (χ2v) is 6.12. The first kappa shape index (κ1) is 13.1. The van der Waals surface area contributed by atoms with E-state index in [2.05, 4.69) is 37.2 Å². The molecule has 1 unspecified atom stereocenters. The van der Waals surface area contributed by atoms with Crippen molar-refractivity contribution in [2.75, 3.05) is 0 Å². The summed E-state index contributed by atoms with van der Waals surface area (Å²) in [7, 11) is 0. The Kier molecular flexibility index (Phi) is 3.48. The molecule has 2 aromatic rings. The minimum atomic E-state index is 0.0744. The van der Waals surface area contributed by atoms with Crippen LogP contribution >= 0.6 is 12.2 Å². The van der Waals surface area contributed by atoms with Crippen LogP contribution in [-0.2, 0) is 11.8 Å². The molecule has 98 valence electrons. The first-order chi connectivity index (χ1) is 8.39. The van der Waals surface area contributed by atoms with E-state index in [-0.39, 0.29) is 11.5 Å².